The number of nitrogens with one attached hydrogen (secondary N) is 3. The van der Waals surface area contributed by atoms with Gasteiger partial charge in [-0.05, 0) is 136 Å². The molecule has 0 saturated heterocycles. The van der Waals surface area contributed by atoms with Crippen LogP contribution >= 0.6 is 15.6 Å². The van der Waals surface area contributed by atoms with Gasteiger partial charge >= 0.3 is 32.5 Å². The molecule has 92 heavy (non-hydrogen) atoms. The van der Waals surface area contributed by atoms with Gasteiger partial charge in [-0.15, -0.1) is 0 Å². The summed E-state index contributed by atoms with van der Waals surface area (Å²) in [6.07, 6.45) is 4.46. The fourth-order valence-electron chi connectivity index (χ4n) is 11.3. The van der Waals surface area contributed by atoms with E-state index in [9.17, 15) is 37.9 Å². The second kappa shape index (κ2) is 30.5. The zero-order valence-electron chi connectivity index (χ0n) is 53.9. The molecule has 9 rings (SSSR count). The molecule has 23 nitrogen and oxygen atoms in total. The number of unbranched alkanes of at least 4 members (excludes halogenated alkanes) is 4. The smallest absolute Gasteiger partial charge is 0.461 e. The molecular weight excluding hydrogens is 1230 g/mol. The van der Waals surface area contributed by atoms with E-state index in [2.05, 4.69) is 16.0 Å². The normalized spacial score (nSPS) is 12.8. The second-order valence-corrected chi connectivity index (χ2v) is 26.6. The van der Waals surface area contributed by atoms with Gasteiger partial charge < -0.3 is 42.5 Å². The van der Waals surface area contributed by atoms with E-state index in [-0.39, 0.29) is 116 Å². The Kier molecular flexibility index (Phi) is 22.9. The number of benzene rings is 3. The Balaban J connectivity index is 0.715. The largest absolute Gasteiger partial charge is 0.474 e. The van der Waals surface area contributed by atoms with Crippen LogP contribution in [0.4, 0.5) is 0 Å². The molecule has 0 aliphatic carbocycles. The Morgan fingerprint density at radius 1 is 0.359 bits per heavy atom. The molecule has 0 bridgehead atoms. The van der Waals surface area contributed by atoms with Crippen molar-refractivity contribution in [2.45, 2.75) is 166 Å². The predicted octanol–water partition coefficient (Wildman–Crippen LogP) is 14.3. The second-order valence-electron chi connectivity index (χ2n) is 23.2. The van der Waals surface area contributed by atoms with Gasteiger partial charge in [0.05, 0.1) is 39.6 Å². The van der Waals surface area contributed by atoms with Crippen molar-refractivity contribution in [1.82, 2.24) is 16.0 Å². The molecule has 3 aromatic carbocycles. The first kappa shape index (κ1) is 68.9. The van der Waals surface area contributed by atoms with Gasteiger partial charge in [-0.3, -0.25) is 41.5 Å². The number of furan rings is 3. The summed E-state index contributed by atoms with van der Waals surface area (Å²) in [6.45, 7) is 18.8. The average Bonchev–Trinajstić information content (AvgIpc) is 1.55. The summed E-state index contributed by atoms with van der Waals surface area (Å²) >= 11 is 0. The molecule has 0 radical (unpaired) electrons. The van der Waals surface area contributed by atoms with Crippen LogP contribution in [-0.4, -0.2) is 57.4 Å². The van der Waals surface area contributed by atoms with E-state index in [1.165, 1.54) is 18.2 Å². The van der Waals surface area contributed by atoms with Crippen molar-refractivity contribution in [2.75, 3.05) is 39.6 Å². The molecule has 0 spiro atoms. The molecule has 1 unspecified atom stereocenters. The molecule has 6 aromatic heterocycles. The van der Waals surface area contributed by atoms with E-state index < -0.39 is 32.5 Å². The van der Waals surface area contributed by atoms with Crippen molar-refractivity contribution in [3.63, 3.8) is 0 Å². The number of hydrogen-bond acceptors (Lipinski definition) is 20. The summed E-state index contributed by atoms with van der Waals surface area (Å²) < 4.78 is 96.7. The minimum Gasteiger partial charge on any atom is -0.461 e. The highest BCUT2D eigenvalue weighted by Gasteiger charge is 2.29. The van der Waals surface area contributed by atoms with Crippen LogP contribution in [0.3, 0.4) is 0 Å². The molecule has 0 saturated carbocycles. The number of aryl methyl sites for hydroxylation is 9. The summed E-state index contributed by atoms with van der Waals surface area (Å²) in [7, 11) is -8.12. The zero-order valence-corrected chi connectivity index (χ0v) is 55.7. The van der Waals surface area contributed by atoms with E-state index in [0.717, 1.165) is 72.1 Å². The quantitative estimate of drug-likeness (QED) is 0.0192. The van der Waals surface area contributed by atoms with E-state index in [4.69, 9.17) is 53.6 Å². The molecule has 25 heteroatoms. The van der Waals surface area contributed by atoms with Crippen LogP contribution in [0.5, 0.6) is 0 Å². The summed E-state index contributed by atoms with van der Waals surface area (Å²) in [6, 6.07) is 10.0. The van der Waals surface area contributed by atoms with Crippen LogP contribution in [0.25, 0.3) is 65.8 Å². The van der Waals surface area contributed by atoms with Crippen molar-refractivity contribution in [1.29, 1.82) is 0 Å². The minimum absolute atomic E-state index is 0.0240. The van der Waals surface area contributed by atoms with Crippen molar-refractivity contribution in [2.24, 2.45) is 0 Å². The number of amides is 3. The lowest BCUT2D eigenvalue weighted by molar-refractivity contribution is -0.122. The third-order valence-corrected chi connectivity index (χ3v) is 19.3. The first-order valence-electron chi connectivity index (χ1n) is 31.2. The van der Waals surface area contributed by atoms with Gasteiger partial charge in [0, 0.05) is 123 Å². The zero-order chi connectivity index (χ0) is 66.0. The lowest BCUT2D eigenvalue weighted by atomic mass is 10.0. The van der Waals surface area contributed by atoms with Crippen LogP contribution < -0.4 is 32.8 Å². The maximum atomic E-state index is 14.1. The third kappa shape index (κ3) is 16.5. The number of phosphoric ester groups is 2. The number of rotatable bonds is 34. The number of carbonyl (C=O) groups is 3. The molecule has 0 aliphatic heterocycles. The van der Waals surface area contributed by atoms with E-state index in [1.54, 1.807) is 13.8 Å². The van der Waals surface area contributed by atoms with Crippen molar-refractivity contribution in [3.05, 3.63) is 135 Å². The first-order chi connectivity index (χ1) is 44.0. The first-order valence-corrected chi connectivity index (χ1v) is 34.1. The van der Waals surface area contributed by atoms with Gasteiger partial charge in [0.15, 0.2) is 0 Å². The van der Waals surface area contributed by atoms with Gasteiger partial charge in [0.2, 0.25) is 17.7 Å². The van der Waals surface area contributed by atoms with Gasteiger partial charge in [0.1, 0.15) is 50.8 Å². The molecule has 9 aromatic rings. The number of carbonyl (C=O) groups excluding carboxylic acids is 3. The molecule has 0 aliphatic rings. The molecule has 494 valence electrons. The third-order valence-electron chi connectivity index (χ3n) is 16.3. The number of fused-ring (bicyclic) bond motifs is 6. The standard InChI is InChI=1S/C67H81N3O20P2/c1-11-23-79-91(77,82-26-17-20-56(71)68-35-53-44(8)85-65-41(5)62-47(32-50(53)65)38(2)29-59(74)88-62)80-24-15-13-12-14-16-25-81-92(78,83-27-18-21-57(72)69-36-54-45(9)86-66-42(6)63-48(33-51(54)66)39(3)30-60(75)89-63)84-28-19-22-58(73)70-37-55-46(10)87-67-43(7)64-49(34-52(55)67)40(4)31-61(76)90-64/h29-34H,11-28,35-37H2,1-10H3,(H,68,71)(H,69,72)(H,70,73). The van der Waals surface area contributed by atoms with Gasteiger partial charge in [-0.25, -0.2) is 23.5 Å². The highest BCUT2D eigenvalue weighted by Crippen LogP contribution is 2.51. The van der Waals surface area contributed by atoms with E-state index in [1.807, 2.05) is 73.6 Å². The molecule has 1 atom stereocenters. The highest BCUT2D eigenvalue weighted by atomic mass is 31.2. The summed E-state index contributed by atoms with van der Waals surface area (Å²) in [5.41, 5.74) is 8.46. The molecule has 6 heterocycles. The van der Waals surface area contributed by atoms with Crippen molar-refractivity contribution >= 4 is 99.2 Å². The fraction of sp³-hybridized carbons (Fsp3) is 0.463. The molecular formula is C67H81N3O20P2. The van der Waals surface area contributed by atoms with Crippen molar-refractivity contribution < 1.29 is 77.2 Å². The van der Waals surface area contributed by atoms with Crippen molar-refractivity contribution in [3.8, 4) is 0 Å². The monoisotopic (exact) mass is 1310 g/mol. The van der Waals surface area contributed by atoms with Crippen LogP contribution in [-0.2, 0) is 70.3 Å². The van der Waals surface area contributed by atoms with E-state index >= 15 is 0 Å². The molecule has 0 fully saturated rings. The summed E-state index contributed by atoms with van der Waals surface area (Å²) in [5.74, 6) is 1.04. The Labute approximate surface area is 530 Å². The molecule has 3 amide bonds. The van der Waals surface area contributed by atoms with Crippen LogP contribution in [0.2, 0.25) is 0 Å². The van der Waals surface area contributed by atoms with Gasteiger partial charge in [-0.1, -0.05) is 26.2 Å². The van der Waals surface area contributed by atoms with E-state index in [0.29, 0.717) is 99.6 Å². The Hall–Kier alpha value is -7.46. The van der Waals surface area contributed by atoms with Crippen LogP contribution in [0.1, 0.15) is 151 Å². The highest BCUT2D eigenvalue weighted by molar-refractivity contribution is 7.48. The average molecular weight is 1310 g/mol. The summed E-state index contributed by atoms with van der Waals surface area (Å²) in [5, 5.41) is 13.6. The fourth-order valence-corrected chi connectivity index (χ4v) is 13.9. The topological polar surface area (TPSA) is 307 Å². The Morgan fingerprint density at radius 3 is 0.913 bits per heavy atom. The van der Waals surface area contributed by atoms with Crippen LogP contribution in [0.15, 0.2) is 77.3 Å². The Morgan fingerprint density at radius 2 is 0.620 bits per heavy atom. The van der Waals surface area contributed by atoms with Gasteiger partial charge in [-0.2, -0.15) is 0 Å². The predicted molar refractivity (Wildman–Crippen MR) is 347 cm³/mol. The SMILES string of the molecule is CCCOP(=O)(OCCCCCCCOP(=O)(OCCCC(=O)NCc1c(C)oc2c(C)c3oc(=O)cc(C)c3cc12)OCCCC(=O)NCc1c(C)oc2c(C)c3oc(=O)cc(C)c3cc12)OCCCC(=O)NCc1c(C)oc2c(C)c3oc(=O)cc(C)c3cc12. The lowest BCUT2D eigenvalue weighted by Gasteiger charge is -2.18. The maximum absolute atomic E-state index is 14.1. The maximum Gasteiger partial charge on any atom is 0.474 e. The minimum atomic E-state index is -4.19. The molecule has 3 N–H and O–H groups in total. The van der Waals surface area contributed by atoms with Gasteiger partial charge in [0.25, 0.3) is 0 Å². The summed E-state index contributed by atoms with van der Waals surface area (Å²) in [4.78, 5) is 75.7. The van der Waals surface area contributed by atoms with Crippen LogP contribution in [0, 0.1) is 62.3 Å². The number of phosphoric acid groups is 2. The Bertz CT molecular complexity index is 4330. The lowest BCUT2D eigenvalue weighted by Crippen LogP contribution is -2.23. The number of hydrogen-bond donors (Lipinski definition) is 3.